The summed E-state index contributed by atoms with van der Waals surface area (Å²) >= 11 is 7.52. The van der Waals surface area contributed by atoms with Gasteiger partial charge in [0.05, 0.1) is 18.2 Å². The molecule has 1 aromatic heterocycles. The Bertz CT molecular complexity index is 966. The number of carbonyl (C=O) groups excluding carboxylic acids is 2. The molecule has 0 radical (unpaired) electrons. The van der Waals surface area contributed by atoms with Crippen molar-refractivity contribution in [2.75, 3.05) is 42.9 Å². The van der Waals surface area contributed by atoms with E-state index in [2.05, 4.69) is 15.1 Å². The predicted octanol–water partition coefficient (Wildman–Crippen LogP) is 4.61. The lowest BCUT2D eigenvalue weighted by Crippen LogP contribution is -2.48. The largest absolute Gasteiger partial charge is 0.459 e. The number of fused-ring (bicyclic) bond motifs is 1. The normalized spacial score (nSPS) is 16.7. The fraction of sp³-hybridized carbons (Fsp3) is 0.500. The van der Waals surface area contributed by atoms with Crippen LogP contribution in [0.5, 0.6) is 0 Å². The maximum absolute atomic E-state index is 12.9. The number of amides is 1. The predicted molar refractivity (Wildman–Crippen MR) is 130 cm³/mol. The van der Waals surface area contributed by atoms with Crippen molar-refractivity contribution in [2.45, 2.75) is 45.6 Å². The van der Waals surface area contributed by atoms with Crippen LogP contribution >= 0.6 is 22.9 Å². The number of hydrogen-bond acceptors (Lipinski definition) is 6. The minimum atomic E-state index is -0.328. The average molecular weight is 476 g/mol. The number of rotatable bonds is 6. The molecule has 172 valence electrons. The molecule has 1 N–H and O–H groups in total. The summed E-state index contributed by atoms with van der Waals surface area (Å²) < 4.78 is 5.49. The van der Waals surface area contributed by atoms with Crippen LogP contribution in [-0.4, -0.2) is 55.6 Å². The number of carbonyl (C=O) groups is 2. The third-order valence-electron chi connectivity index (χ3n) is 5.90. The summed E-state index contributed by atoms with van der Waals surface area (Å²) in [5.74, 6) is -0.409. The number of thiophene rings is 1. The van der Waals surface area contributed by atoms with Crippen LogP contribution in [0.1, 0.15) is 47.5 Å². The fourth-order valence-corrected chi connectivity index (χ4v) is 5.75. The Labute approximate surface area is 198 Å². The standard InChI is InChI=1S/C24H30ClN3O3S/c1-16(2)31-24(30)22-19-5-3-4-6-20(19)32-23(22)26-21(29)15-27-11-13-28(14-12-27)18-9-7-17(25)8-10-18/h7-10,16H,3-6,11-15H2,1-2H3,(H,26,29). The molecular formula is C24H30ClN3O3S. The van der Waals surface area contributed by atoms with Crippen LogP contribution in [0.25, 0.3) is 0 Å². The maximum Gasteiger partial charge on any atom is 0.341 e. The van der Waals surface area contributed by atoms with Crippen molar-refractivity contribution in [1.82, 2.24) is 4.90 Å². The molecule has 1 aliphatic carbocycles. The van der Waals surface area contributed by atoms with Gasteiger partial charge in [-0.3, -0.25) is 9.69 Å². The van der Waals surface area contributed by atoms with E-state index in [0.29, 0.717) is 17.1 Å². The summed E-state index contributed by atoms with van der Waals surface area (Å²) in [6, 6.07) is 7.86. The minimum absolute atomic E-state index is 0.0814. The van der Waals surface area contributed by atoms with E-state index in [9.17, 15) is 9.59 Å². The van der Waals surface area contributed by atoms with Gasteiger partial charge in [-0.1, -0.05) is 11.6 Å². The van der Waals surface area contributed by atoms with Crippen LogP contribution in [-0.2, 0) is 22.4 Å². The first-order valence-electron chi connectivity index (χ1n) is 11.3. The van der Waals surface area contributed by atoms with Gasteiger partial charge in [0.1, 0.15) is 5.00 Å². The highest BCUT2D eigenvalue weighted by Gasteiger charge is 2.28. The van der Waals surface area contributed by atoms with Gasteiger partial charge >= 0.3 is 5.97 Å². The molecule has 1 saturated heterocycles. The van der Waals surface area contributed by atoms with Gasteiger partial charge in [-0.25, -0.2) is 4.79 Å². The Morgan fingerprint density at radius 3 is 2.47 bits per heavy atom. The van der Waals surface area contributed by atoms with Crippen molar-refractivity contribution in [1.29, 1.82) is 0 Å². The van der Waals surface area contributed by atoms with E-state index in [-0.39, 0.29) is 18.0 Å². The van der Waals surface area contributed by atoms with Crippen LogP contribution in [0.15, 0.2) is 24.3 Å². The molecule has 1 aromatic carbocycles. The van der Waals surface area contributed by atoms with Gasteiger partial charge < -0.3 is 15.0 Å². The van der Waals surface area contributed by atoms with E-state index in [1.807, 2.05) is 38.1 Å². The van der Waals surface area contributed by atoms with Crippen molar-refractivity contribution in [3.05, 3.63) is 45.3 Å². The fourth-order valence-electron chi connectivity index (χ4n) is 4.33. The number of esters is 1. The lowest BCUT2D eigenvalue weighted by atomic mass is 9.95. The van der Waals surface area contributed by atoms with Gasteiger partial charge in [0.2, 0.25) is 5.91 Å². The van der Waals surface area contributed by atoms with E-state index in [1.54, 1.807) is 0 Å². The van der Waals surface area contributed by atoms with Crippen molar-refractivity contribution < 1.29 is 14.3 Å². The molecule has 1 aliphatic heterocycles. The van der Waals surface area contributed by atoms with Gasteiger partial charge in [-0.05, 0) is 69.4 Å². The molecule has 0 saturated carbocycles. The number of ether oxygens (including phenoxy) is 1. The van der Waals surface area contributed by atoms with Crippen molar-refractivity contribution >= 4 is 45.5 Å². The van der Waals surface area contributed by atoms with Gasteiger partial charge in [-0.15, -0.1) is 11.3 Å². The zero-order valence-corrected chi connectivity index (χ0v) is 20.2. The molecule has 32 heavy (non-hydrogen) atoms. The van der Waals surface area contributed by atoms with Crippen LogP contribution in [0.3, 0.4) is 0 Å². The lowest BCUT2D eigenvalue weighted by molar-refractivity contribution is -0.117. The number of anilines is 2. The summed E-state index contributed by atoms with van der Waals surface area (Å²) in [5.41, 5.74) is 2.79. The number of nitrogens with zero attached hydrogens (tertiary/aromatic N) is 2. The second-order valence-electron chi connectivity index (χ2n) is 8.66. The maximum atomic E-state index is 12.9. The van der Waals surface area contributed by atoms with Crippen LogP contribution in [0.2, 0.25) is 5.02 Å². The molecule has 1 fully saturated rings. The topological polar surface area (TPSA) is 61.9 Å². The summed E-state index contributed by atoms with van der Waals surface area (Å²) in [6.45, 7) is 7.33. The van der Waals surface area contributed by atoms with Crippen molar-refractivity contribution in [3.8, 4) is 0 Å². The van der Waals surface area contributed by atoms with E-state index in [4.69, 9.17) is 16.3 Å². The highest BCUT2D eigenvalue weighted by molar-refractivity contribution is 7.17. The summed E-state index contributed by atoms with van der Waals surface area (Å²) in [4.78, 5) is 31.3. The first-order chi connectivity index (χ1) is 15.4. The highest BCUT2D eigenvalue weighted by atomic mass is 35.5. The SMILES string of the molecule is CC(C)OC(=O)c1c(NC(=O)CN2CCN(c3ccc(Cl)cc3)CC2)sc2c1CCCC2. The molecule has 6 nitrogen and oxygen atoms in total. The quantitative estimate of drug-likeness (QED) is 0.618. The molecule has 0 atom stereocenters. The number of halogens is 1. The molecule has 1 amide bonds. The van der Waals surface area contributed by atoms with Crippen molar-refractivity contribution in [2.24, 2.45) is 0 Å². The number of hydrogen-bond donors (Lipinski definition) is 1. The third-order valence-corrected chi connectivity index (χ3v) is 7.36. The van der Waals surface area contributed by atoms with Crippen LogP contribution in [0.4, 0.5) is 10.7 Å². The van der Waals surface area contributed by atoms with Crippen LogP contribution in [0, 0.1) is 0 Å². The molecule has 2 aromatic rings. The van der Waals surface area contributed by atoms with Gasteiger partial charge in [-0.2, -0.15) is 0 Å². The molecule has 0 bridgehead atoms. The Morgan fingerprint density at radius 1 is 1.09 bits per heavy atom. The Morgan fingerprint density at radius 2 is 1.78 bits per heavy atom. The zero-order chi connectivity index (χ0) is 22.7. The molecule has 4 rings (SSSR count). The molecule has 2 heterocycles. The monoisotopic (exact) mass is 475 g/mol. The Hall–Kier alpha value is -2.09. The summed E-state index contributed by atoms with van der Waals surface area (Å²) in [6.07, 6.45) is 3.83. The number of aryl methyl sites for hydroxylation is 1. The second kappa shape index (κ2) is 10.2. The van der Waals surface area contributed by atoms with Crippen LogP contribution < -0.4 is 10.2 Å². The number of nitrogens with one attached hydrogen (secondary N) is 1. The Kier molecular flexibility index (Phi) is 7.38. The molecule has 2 aliphatic rings. The molecule has 0 spiro atoms. The number of piperazine rings is 1. The molecule has 8 heteroatoms. The van der Waals surface area contributed by atoms with E-state index in [0.717, 1.165) is 68.1 Å². The first kappa shape index (κ1) is 23.1. The van der Waals surface area contributed by atoms with Gasteiger partial charge in [0.25, 0.3) is 0 Å². The molecule has 0 unspecified atom stereocenters. The lowest BCUT2D eigenvalue weighted by Gasteiger charge is -2.35. The van der Waals surface area contributed by atoms with Gasteiger partial charge in [0.15, 0.2) is 0 Å². The number of benzene rings is 1. The van der Waals surface area contributed by atoms with Crippen molar-refractivity contribution in [3.63, 3.8) is 0 Å². The summed E-state index contributed by atoms with van der Waals surface area (Å²) in [5, 5.41) is 4.41. The third kappa shape index (κ3) is 5.45. The Balaban J connectivity index is 1.37. The average Bonchev–Trinajstić information content (AvgIpc) is 3.12. The minimum Gasteiger partial charge on any atom is -0.459 e. The van der Waals surface area contributed by atoms with Gasteiger partial charge in [0, 0.05) is 41.8 Å². The van der Waals surface area contributed by atoms with E-state index in [1.165, 1.54) is 16.2 Å². The highest BCUT2D eigenvalue weighted by Crippen LogP contribution is 2.38. The van der Waals surface area contributed by atoms with E-state index < -0.39 is 0 Å². The first-order valence-corrected chi connectivity index (χ1v) is 12.5. The zero-order valence-electron chi connectivity index (χ0n) is 18.7. The molecular weight excluding hydrogens is 446 g/mol. The van der Waals surface area contributed by atoms with E-state index >= 15 is 0 Å². The second-order valence-corrected chi connectivity index (χ2v) is 10.2. The summed E-state index contributed by atoms with van der Waals surface area (Å²) in [7, 11) is 0. The smallest absolute Gasteiger partial charge is 0.341 e.